The normalized spacial score (nSPS) is 21.9. The first kappa shape index (κ1) is 14.9. The third-order valence-corrected chi connectivity index (χ3v) is 4.74. The molecule has 1 saturated heterocycles. The van der Waals surface area contributed by atoms with Gasteiger partial charge in [0.2, 0.25) is 11.8 Å². The minimum absolute atomic E-state index is 0.00275. The third kappa shape index (κ3) is 2.80. The first-order valence-electron chi connectivity index (χ1n) is 7.92. The highest BCUT2D eigenvalue weighted by molar-refractivity contribution is 5.89. The van der Waals surface area contributed by atoms with Crippen LogP contribution in [0.4, 0.5) is 5.69 Å². The van der Waals surface area contributed by atoms with Gasteiger partial charge < -0.3 is 15.1 Å². The SMILES string of the molecule is C[C@@H](CNC(=O)[C@H]1CC(=O)N(C)C1)N1CCc2ccccc21. The molecule has 5 heteroatoms. The van der Waals surface area contributed by atoms with Crippen LogP contribution in [0.25, 0.3) is 0 Å². The smallest absolute Gasteiger partial charge is 0.225 e. The second-order valence-electron chi connectivity index (χ2n) is 6.34. The van der Waals surface area contributed by atoms with Crippen molar-refractivity contribution in [2.24, 2.45) is 5.92 Å². The number of carbonyl (C=O) groups excluding carboxylic acids is 2. The summed E-state index contributed by atoms with van der Waals surface area (Å²) >= 11 is 0. The van der Waals surface area contributed by atoms with Crippen LogP contribution in [0.2, 0.25) is 0 Å². The van der Waals surface area contributed by atoms with E-state index >= 15 is 0 Å². The summed E-state index contributed by atoms with van der Waals surface area (Å²) in [7, 11) is 1.75. The van der Waals surface area contributed by atoms with Gasteiger partial charge in [-0.3, -0.25) is 9.59 Å². The number of para-hydroxylation sites is 1. The molecular formula is C17H23N3O2. The van der Waals surface area contributed by atoms with E-state index in [0.29, 0.717) is 19.5 Å². The number of hydrogen-bond donors (Lipinski definition) is 1. The van der Waals surface area contributed by atoms with Crippen molar-refractivity contribution in [1.82, 2.24) is 10.2 Å². The van der Waals surface area contributed by atoms with Crippen molar-refractivity contribution in [3.8, 4) is 0 Å². The zero-order valence-corrected chi connectivity index (χ0v) is 13.2. The molecule has 0 spiro atoms. The van der Waals surface area contributed by atoms with Crippen molar-refractivity contribution in [1.29, 1.82) is 0 Å². The molecule has 0 saturated carbocycles. The van der Waals surface area contributed by atoms with Crippen molar-refractivity contribution >= 4 is 17.5 Å². The molecule has 1 N–H and O–H groups in total. The molecule has 0 radical (unpaired) electrons. The van der Waals surface area contributed by atoms with E-state index in [2.05, 4.69) is 41.4 Å². The van der Waals surface area contributed by atoms with Gasteiger partial charge in [0.05, 0.1) is 5.92 Å². The molecular weight excluding hydrogens is 278 g/mol. The molecule has 1 fully saturated rings. The van der Waals surface area contributed by atoms with Crippen LogP contribution >= 0.6 is 0 Å². The summed E-state index contributed by atoms with van der Waals surface area (Å²) < 4.78 is 0. The summed E-state index contributed by atoms with van der Waals surface area (Å²) in [4.78, 5) is 27.7. The third-order valence-electron chi connectivity index (χ3n) is 4.74. The Balaban J connectivity index is 1.54. The second kappa shape index (κ2) is 5.99. The first-order chi connectivity index (χ1) is 10.6. The van der Waals surface area contributed by atoms with E-state index in [-0.39, 0.29) is 23.8 Å². The fourth-order valence-electron chi connectivity index (χ4n) is 3.36. The van der Waals surface area contributed by atoms with Crippen molar-refractivity contribution < 1.29 is 9.59 Å². The largest absolute Gasteiger partial charge is 0.366 e. The highest BCUT2D eigenvalue weighted by Gasteiger charge is 2.32. The lowest BCUT2D eigenvalue weighted by Gasteiger charge is -2.28. The van der Waals surface area contributed by atoms with E-state index < -0.39 is 0 Å². The van der Waals surface area contributed by atoms with Crippen LogP contribution in [0, 0.1) is 5.92 Å². The molecule has 2 heterocycles. The van der Waals surface area contributed by atoms with Gasteiger partial charge in [-0.1, -0.05) is 18.2 Å². The minimum atomic E-state index is -0.199. The Labute approximate surface area is 131 Å². The summed E-state index contributed by atoms with van der Waals surface area (Å²) in [6.07, 6.45) is 1.40. The van der Waals surface area contributed by atoms with Crippen LogP contribution in [-0.2, 0) is 16.0 Å². The number of rotatable bonds is 4. The number of hydrogen-bond acceptors (Lipinski definition) is 3. The quantitative estimate of drug-likeness (QED) is 0.904. The molecule has 2 amide bonds. The van der Waals surface area contributed by atoms with Gasteiger partial charge in [-0.25, -0.2) is 0 Å². The zero-order chi connectivity index (χ0) is 15.7. The Bertz CT molecular complexity index is 587. The minimum Gasteiger partial charge on any atom is -0.366 e. The second-order valence-corrected chi connectivity index (χ2v) is 6.34. The Morgan fingerprint density at radius 3 is 2.91 bits per heavy atom. The topological polar surface area (TPSA) is 52.7 Å². The monoisotopic (exact) mass is 301 g/mol. The average Bonchev–Trinajstić information content (AvgIpc) is 3.09. The van der Waals surface area contributed by atoms with Gasteiger partial charge in [-0.2, -0.15) is 0 Å². The number of anilines is 1. The molecule has 118 valence electrons. The van der Waals surface area contributed by atoms with Crippen molar-refractivity contribution in [3.05, 3.63) is 29.8 Å². The fraction of sp³-hybridized carbons (Fsp3) is 0.529. The zero-order valence-electron chi connectivity index (χ0n) is 13.2. The maximum Gasteiger partial charge on any atom is 0.225 e. The standard InChI is InChI=1S/C17H23N3O2/c1-12(20-8-7-13-5-3-4-6-15(13)20)10-18-17(22)14-9-16(21)19(2)11-14/h3-6,12,14H,7-11H2,1-2H3,(H,18,22)/t12-,14-/m0/s1. The molecule has 1 aromatic rings. The summed E-state index contributed by atoms with van der Waals surface area (Å²) in [6, 6.07) is 8.69. The van der Waals surface area contributed by atoms with E-state index in [1.807, 2.05) is 0 Å². The van der Waals surface area contributed by atoms with Crippen LogP contribution in [0.15, 0.2) is 24.3 Å². The van der Waals surface area contributed by atoms with Crippen LogP contribution in [-0.4, -0.2) is 49.4 Å². The van der Waals surface area contributed by atoms with E-state index in [1.165, 1.54) is 11.3 Å². The lowest BCUT2D eigenvalue weighted by molar-refractivity contribution is -0.128. The van der Waals surface area contributed by atoms with Crippen LogP contribution in [0.5, 0.6) is 0 Å². The Morgan fingerprint density at radius 2 is 2.18 bits per heavy atom. The lowest BCUT2D eigenvalue weighted by atomic mass is 10.1. The van der Waals surface area contributed by atoms with Crippen LogP contribution in [0.3, 0.4) is 0 Å². The van der Waals surface area contributed by atoms with E-state index in [4.69, 9.17) is 0 Å². The molecule has 3 rings (SSSR count). The van der Waals surface area contributed by atoms with E-state index in [1.54, 1.807) is 11.9 Å². The average molecular weight is 301 g/mol. The Morgan fingerprint density at radius 1 is 1.41 bits per heavy atom. The molecule has 22 heavy (non-hydrogen) atoms. The van der Waals surface area contributed by atoms with Gasteiger partial charge in [0, 0.05) is 44.8 Å². The Kier molecular flexibility index (Phi) is 4.05. The molecule has 0 bridgehead atoms. The summed E-state index contributed by atoms with van der Waals surface area (Å²) in [5, 5.41) is 3.01. The van der Waals surface area contributed by atoms with Gasteiger partial charge in [0.15, 0.2) is 0 Å². The number of benzene rings is 1. The predicted molar refractivity (Wildman–Crippen MR) is 85.7 cm³/mol. The van der Waals surface area contributed by atoms with Gasteiger partial charge >= 0.3 is 0 Å². The highest BCUT2D eigenvalue weighted by Crippen LogP contribution is 2.29. The summed E-state index contributed by atoms with van der Waals surface area (Å²) in [5.74, 6) is -0.144. The van der Waals surface area contributed by atoms with E-state index in [9.17, 15) is 9.59 Å². The molecule has 2 aliphatic rings. The number of likely N-dealkylation sites (tertiary alicyclic amines) is 1. The fourth-order valence-corrected chi connectivity index (χ4v) is 3.36. The van der Waals surface area contributed by atoms with Crippen molar-refractivity contribution in [2.75, 3.05) is 31.6 Å². The molecule has 2 atom stereocenters. The summed E-state index contributed by atoms with van der Waals surface area (Å²) in [5.41, 5.74) is 2.66. The number of nitrogens with one attached hydrogen (secondary N) is 1. The summed E-state index contributed by atoms with van der Waals surface area (Å²) in [6.45, 7) is 4.28. The first-order valence-corrected chi connectivity index (χ1v) is 7.92. The number of fused-ring (bicyclic) bond motifs is 1. The number of nitrogens with zero attached hydrogens (tertiary/aromatic N) is 2. The van der Waals surface area contributed by atoms with Crippen molar-refractivity contribution in [3.63, 3.8) is 0 Å². The highest BCUT2D eigenvalue weighted by atomic mass is 16.2. The molecule has 0 unspecified atom stereocenters. The maximum absolute atomic E-state index is 12.2. The molecule has 0 aromatic heterocycles. The number of carbonyl (C=O) groups is 2. The maximum atomic E-state index is 12.2. The van der Waals surface area contributed by atoms with Crippen molar-refractivity contribution in [2.45, 2.75) is 25.8 Å². The molecule has 1 aromatic carbocycles. The van der Waals surface area contributed by atoms with Crippen LogP contribution in [0.1, 0.15) is 18.9 Å². The lowest BCUT2D eigenvalue weighted by Crippen LogP contribution is -2.43. The molecule has 0 aliphatic carbocycles. The predicted octanol–water partition coefficient (Wildman–Crippen LogP) is 1.03. The van der Waals surface area contributed by atoms with Gasteiger partial charge in [0.25, 0.3) is 0 Å². The molecule has 5 nitrogen and oxygen atoms in total. The number of amides is 2. The van der Waals surface area contributed by atoms with Gasteiger partial charge in [-0.05, 0) is 25.0 Å². The Hall–Kier alpha value is -2.04. The molecule has 2 aliphatic heterocycles. The van der Waals surface area contributed by atoms with Crippen LogP contribution < -0.4 is 10.2 Å². The van der Waals surface area contributed by atoms with Gasteiger partial charge in [0.1, 0.15) is 0 Å². The van der Waals surface area contributed by atoms with Gasteiger partial charge in [-0.15, -0.1) is 0 Å². The van der Waals surface area contributed by atoms with E-state index in [0.717, 1.165) is 13.0 Å².